The van der Waals surface area contributed by atoms with Crippen molar-refractivity contribution in [3.05, 3.63) is 71.8 Å². The molecule has 3 aromatic rings. The standard InChI is InChI=1S/C24H26O2/c1-3-4-5-6-9-18-12-14-19(15-13-18)20-16-17-23(24(25)26-2)22-11-8-7-10-21(20)22/h7-8,10-17H,3-6,9H2,1-2H3. The number of ether oxygens (including phenoxy) is 1. The van der Waals surface area contributed by atoms with Crippen LogP contribution in [-0.2, 0) is 11.2 Å². The summed E-state index contributed by atoms with van der Waals surface area (Å²) in [6, 6.07) is 20.7. The molecule has 0 amide bonds. The van der Waals surface area contributed by atoms with E-state index >= 15 is 0 Å². The lowest BCUT2D eigenvalue weighted by atomic mass is 9.94. The first-order valence-corrected chi connectivity index (χ1v) is 9.44. The average molecular weight is 346 g/mol. The van der Waals surface area contributed by atoms with E-state index in [2.05, 4.69) is 37.3 Å². The van der Waals surface area contributed by atoms with Crippen LogP contribution >= 0.6 is 0 Å². The summed E-state index contributed by atoms with van der Waals surface area (Å²) in [5, 5.41) is 2.01. The number of benzene rings is 3. The lowest BCUT2D eigenvalue weighted by molar-refractivity contribution is 0.0603. The van der Waals surface area contributed by atoms with Crippen LogP contribution in [-0.4, -0.2) is 13.1 Å². The highest BCUT2D eigenvalue weighted by Crippen LogP contribution is 2.31. The van der Waals surface area contributed by atoms with E-state index in [1.165, 1.54) is 43.9 Å². The summed E-state index contributed by atoms with van der Waals surface area (Å²) in [5.41, 5.74) is 4.32. The van der Waals surface area contributed by atoms with Gasteiger partial charge in [-0.15, -0.1) is 0 Å². The van der Waals surface area contributed by atoms with Crippen LogP contribution in [0.3, 0.4) is 0 Å². The second kappa shape index (κ2) is 8.66. The van der Waals surface area contributed by atoms with Crippen LogP contribution < -0.4 is 0 Å². The summed E-state index contributed by atoms with van der Waals surface area (Å²) in [5.74, 6) is -0.296. The average Bonchev–Trinajstić information content (AvgIpc) is 2.70. The third-order valence-electron chi connectivity index (χ3n) is 4.91. The summed E-state index contributed by atoms with van der Waals surface area (Å²) in [6.45, 7) is 2.24. The van der Waals surface area contributed by atoms with Gasteiger partial charge in [-0.1, -0.05) is 80.8 Å². The Hall–Kier alpha value is -2.61. The van der Waals surface area contributed by atoms with Gasteiger partial charge >= 0.3 is 5.97 Å². The van der Waals surface area contributed by atoms with E-state index in [1.54, 1.807) is 0 Å². The summed E-state index contributed by atoms with van der Waals surface area (Å²) >= 11 is 0. The molecule has 0 unspecified atom stereocenters. The van der Waals surface area contributed by atoms with Gasteiger partial charge in [-0.2, -0.15) is 0 Å². The molecular weight excluding hydrogens is 320 g/mol. The highest BCUT2D eigenvalue weighted by molar-refractivity contribution is 6.09. The van der Waals surface area contributed by atoms with Crippen LogP contribution in [0.4, 0.5) is 0 Å². The van der Waals surface area contributed by atoms with E-state index in [0.717, 1.165) is 22.8 Å². The van der Waals surface area contributed by atoms with Crippen molar-refractivity contribution in [3.8, 4) is 11.1 Å². The maximum absolute atomic E-state index is 12.0. The van der Waals surface area contributed by atoms with Crippen LogP contribution in [0.25, 0.3) is 21.9 Å². The Morgan fingerprint density at radius 2 is 1.58 bits per heavy atom. The van der Waals surface area contributed by atoms with Crippen molar-refractivity contribution in [1.29, 1.82) is 0 Å². The maximum atomic E-state index is 12.0. The molecule has 0 radical (unpaired) electrons. The minimum atomic E-state index is -0.296. The lowest BCUT2D eigenvalue weighted by Crippen LogP contribution is -2.02. The molecule has 0 aromatic heterocycles. The van der Waals surface area contributed by atoms with E-state index in [-0.39, 0.29) is 5.97 Å². The summed E-state index contributed by atoms with van der Waals surface area (Å²) in [7, 11) is 1.42. The van der Waals surface area contributed by atoms with Crippen molar-refractivity contribution in [1.82, 2.24) is 0 Å². The number of hydrogen-bond acceptors (Lipinski definition) is 2. The van der Waals surface area contributed by atoms with Crippen LogP contribution in [0.1, 0.15) is 48.5 Å². The number of methoxy groups -OCH3 is 1. The predicted octanol–water partition coefficient (Wildman–Crippen LogP) is 6.42. The molecule has 0 saturated carbocycles. The number of unbranched alkanes of at least 4 members (excludes halogenated alkanes) is 3. The molecule has 0 aliphatic rings. The molecule has 0 aliphatic heterocycles. The van der Waals surface area contributed by atoms with Crippen molar-refractivity contribution in [2.45, 2.75) is 39.0 Å². The van der Waals surface area contributed by atoms with Gasteiger partial charge in [0.25, 0.3) is 0 Å². The van der Waals surface area contributed by atoms with Crippen molar-refractivity contribution >= 4 is 16.7 Å². The third kappa shape index (κ3) is 3.96. The van der Waals surface area contributed by atoms with Gasteiger partial charge in [-0.3, -0.25) is 0 Å². The molecule has 3 aromatic carbocycles. The largest absolute Gasteiger partial charge is 0.465 e. The number of aryl methyl sites for hydroxylation is 1. The first-order valence-electron chi connectivity index (χ1n) is 9.44. The zero-order chi connectivity index (χ0) is 18.4. The SMILES string of the molecule is CCCCCCc1ccc(-c2ccc(C(=O)OC)c3ccccc23)cc1. The van der Waals surface area contributed by atoms with Gasteiger partial charge in [0.15, 0.2) is 0 Å². The Balaban J connectivity index is 1.90. The lowest BCUT2D eigenvalue weighted by Gasteiger charge is -2.11. The Morgan fingerprint density at radius 1 is 0.846 bits per heavy atom. The van der Waals surface area contributed by atoms with Gasteiger partial charge in [0.2, 0.25) is 0 Å². The third-order valence-corrected chi connectivity index (χ3v) is 4.91. The molecule has 3 rings (SSSR count). The Kier molecular flexibility index (Phi) is 6.06. The highest BCUT2D eigenvalue weighted by atomic mass is 16.5. The Bertz CT molecular complexity index is 878. The van der Waals surface area contributed by atoms with E-state index < -0.39 is 0 Å². The zero-order valence-corrected chi connectivity index (χ0v) is 15.6. The van der Waals surface area contributed by atoms with Crippen molar-refractivity contribution in [2.75, 3.05) is 7.11 Å². The Morgan fingerprint density at radius 3 is 2.27 bits per heavy atom. The molecule has 0 saturated heterocycles. The predicted molar refractivity (Wildman–Crippen MR) is 109 cm³/mol. The van der Waals surface area contributed by atoms with Crippen LogP contribution in [0.15, 0.2) is 60.7 Å². The second-order valence-electron chi connectivity index (χ2n) is 6.71. The van der Waals surface area contributed by atoms with E-state index in [0.29, 0.717) is 5.56 Å². The van der Waals surface area contributed by atoms with E-state index in [1.807, 2.05) is 30.3 Å². The van der Waals surface area contributed by atoms with E-state index in [9.17, 15) is 4.79 Å². The van der Waals surface area contributed by atoms with Gasteiger partial charge in [-0.25, -0.2) is 4.79 Å². The minimum absolute atomic E-state index is 0.296. The number of esters is 1. The summed E-state index contributed by atoms with van der Waals surface area (Å²) in [6.07, 6.45) is 6.29. The fourth-order valence-corrected chi connectivity index (χ4v) is 3.45. The normalized spacial score (nSPS) is 10.8. The molecule has 0 aliphatic carbocycles. The van der Waals surface area contributed by atoms with Gasteiger partial charge in [0.05, 0.1) is 12.7 Å². The molecule has 2 nitrogen and oxygen atoms in total. The molecule has 0 bridgehead atoms. The molecule has 26 heavy (non-hydrogen) atoms. The van der Waals surface area contributed by atoms with Crippen molar-refractivity contribution in [3.63, 3.8) is 0 Å². The number of carbonyl (C=O) groups excluding carboxylic acids is 1. The maximum Gasteiger partial charge on any atom is 0.338 e. The molecule has 0 atom stereocenters. The quantitative estimate of drug-likeness (QED) is 0.365. The zero-order valence-electron chi connectivity index (χ0n) is 15.6. The van der Waals surface area contributed by atoms with Crippen LogP contribution in [0.2, 0.25) is 0 Å². The van der Waals surface area contributed by atoms with Gasteiger partial charge in [-0.05, 0) is 46.4 Å². The first kappa shape index (κ1) is 18.2. The summed E-state index contributed by atoms with van der Waals surface area (Å²) < 4.78 is 4.92. The van der Waals surface area contributed by atoms with Crippen LogP contribution in [0, 0.1) is 0 Å². The minimum Gasteiger partial charge on any atom is -0.465 e. The number of rotatable bonds is 7. The van der Waals surface area contributed by atoms with Gasteiger partial charge < -0.3 is 4.74 Å². The molecule has 0 N–H and O–H groups in total. The molecular formula is C24H26O2. The molecule has 0 fully saturated rings. The highest BCUT2D eigenvalue weighted by Gasteiger charge is 2.13. The summed E-state index contributed by atoms with van der Waals surface area (Å²) in [4.78, 5) is 12.0. The molecule has 0 heterocycles. The second-order valence-corrected chi connectivity index (χ2v) is 6.71. The number of fused-ring (bicyclic) bond motifs is 1. The van der Waals surface area contributed by atoms with Crippen molar-refractivity contribution < 1.29 is 9.53 Å². The number of carbonyl (C=O) groups is 1. The first-order chi connectivity index (χ1) is 12.7. The van der Waals surface area contributed by atoms with Crippen LogP contribution in [0.5, 0.6) is 0 Å². The molecule has 0 spiro atoms. The Labute approximate surface area is 155 Å². The topological polar surface area (TPSA) is 26.3 Å². The van der Waals surface area contributed by atoms with Gasteiger partial charge in [0.1, 0.15) is 0 Å². The smallest absolute Gasteiger partial charge is 0.338 e. The number of hydrogen-bond donors (Lipinski definition) is 0. The monoisotopic (exact) mass is 346 g/mol. The van der Waals surface area contributed by atoms with Crippen molar-refractivity contribution in [2.24, 2.45) is 0 Å². The fourth-order valence-electron chi connectivity index (χ4n) is 3.45. The van der Waals surface area contributed by atoms with Gasteiger partial charge in [0, 0.05) is 0 Å². The fraction of sp³-hybridized carbons (Fsp3) is 0.292. The molecule has 2 heteroatoms. The molecule has 134 valence electrons. The van der Waals surface area contributed by atoms with E-state index in [4.69, 9.17) is 4.74 Å².